The van der Waals surface area contributed by atoms with Gasteiger partial charge in [-0.05, 0) is 35.8 Å². The van der Waals surface area contributed by atoms with E-state index in [-0.39, 0.29) is 0 Å². The van der Waals surface area contributed by atoms with Crippen LogP contribution in [-0.4, -0.2) is 6.04 Å². The third kappa shape index (κ3) is 3.25. The zero-order chi connectivity index (χ0) is 9.84. The summed E-state index contributed by atoms with van der Waals surface area (Å²) in [5, 5.41) is 5.53. The first-order valence-corrected chi connectivity index (χ1v) is 5.93. The van der Waals surface area contributed by atoms with Crippen molar-refractivity contribution in [1.82, 2.24) is 5.32 Å². The van der Waals surface area contributed by atoms with Crippen molar-refractivity contribution in [3.05, 3.63) is 33.5 Å². The van der Waals surface area contributed by atoms with E-state index < -0.39 is 0 Å². The van der Waals surface area contributed by atoms with Crippen LogP contribution in [0.25, 0.3) is 0 Å². The standard InChI is InChI=1S/C10H14BrNS/c1-4-7(2)12-8(3)10-5-9(11)6-13-10/h4-8,12H,1H2,2-3H3. The zero-order valence-electron chi connectivity index (χ0n) is 7.88. The van der Waals surface area contributed by atoms with Gasteiger partial charge < -0.3 is 5.32 Å². The molecule has 0 amide bonds. The highest BCUT2D eigenvalue weighted by molar-refractivity contribution is 9.10. The van der Waals surface area contributed by atoms with Crippen molar-refractivity contribution in [2.75, 3.05) is 0 Å². The van der Waals surface area contributed by atoms with Gasteiger partial charge in [0.1, 0.15) is 0 Å². The van der Waals surface area contributed by atoms with Crippen molar-refractivity contribution in [2.24, 2.45) is 0 Å². The lowest BCUT2D eigenvalue weighted by atomic mass is 10.2. The molecule has 3 heteroatoms. The van der Waals surface area contributed by atoms with Crippen LogP contribution >= 0.6 is 27.3 Å². The summed E-state index contributed by atoms with van der Waals surface area (Å²) in [6.07, 6.45) is 1.92. The maximum Gasteiger partial charge on any atom is 0.0391 e. The molecule has 0 saturated heterocycles. The molecule has 0 bridgehead atoms. The highest BCUT2D eigenvalue weighted by atomic mass is 79.9. The Balaban J connectivity index is 2.57. The highest BCUT2D eigenvalue weighted by Crippen LogP contribution is 2.25. The molecule has 1 N–H and O–H groups in total. The van der Waals surface area contributed by atoms with Crippen molar-refractivity contribution >= 4 is 27.3 Å². The second-order valence-corrected chi connectivity index (χ2v) is 4.94. The van der Waals surface area contributed by atoms with Crippen LogP contribution in [0.2, 0.25) is 0 Å². The lowest BCUT2D eigenvalue weighted by Crippen LogP contribution is -2.26. The van der Waals surface area contributed by atoms with Crippen LogP contribution in [-0.2, 0) is 0 Å². The van der Waals surface area contributed by atoms with Gasteiger partial charge in [-0.25, -0.2) is 0 Å². The summed E-state index contributed by atoms with van der Waals surface area (Å²) in [5.74, 6) is 0. The minimum absolute atomic E-state index is 0.357. The Morgan fingerprint density at radius 2 is 2.31 bits per heavy atom. The Bertz CT molecular complexity index is 282. The topological polar surface area (TPSA) is 12.0 Å². The summed E-state index contributed by atoms with van der Waals surface area (Å²) in [4.78, 5) is 1.35. The Morgan fingerprint density at radius 3 is 2.77 bits per heavy atom. The normalized spacial score (nSPS) is 15.3. The molecule has 2 unspecified atom stereocenters. The molecule has 1 aromatic rings. The average Bonchev–Trinajstić information content (AvgIpc) is 2.51. The molecule has 72 valence electrons. The Kier molecular flexibility index (Phi) is 4.16. The van der Waals surface area contributed by atoms with Gasteiger partial charge in [0.25, 0.3) is 0 Å². The molecule has 2 atom stereocenters. The third-order valence-electron chi connectivity index (χ3n) is 1.88. The van der Waals surface area contributed by atoms with E-state index in [1.807, 2.05) is 6.08 Å². The molecule has 0 radical (unpaired) electrons. The molecule has 0 spiro atoms. The molecular formula is C10H14BrNS. The predicted molar refractivity (Wildman–Crippen MR) is 63.2 cm³/mol. The number of nitrogens with one attached hydrogen (secondary N) is 1. The van der Waals surface area contributed by atoms with Gasteiger partial charge in [-0.3, -0.25) is 0 Å². The first kappa shape index (κ1) is 11.0. The SMILES string of the molecule is C=CC(C)NC(C)c1cc(Br)cs1. The minimum atomic E-state index is 0.357. The van der Waals surface area contributed by atoms with Gasteiger partial charge in [0.2, 0.25) is 0 Å². The summed E-state index contributed by atoms with van der Waals surface area (Å²) in [6.45, 7) is 8.01. The van der Waals surface area contributed by atoms with E-state index in [4.69, 9.17) is 0 Å². The van der Waals surface area contributed by atoms with Gasteiger partial charge in [0.05, 0.1) is 0 Å². The Hall–Kier alpha value is -0.120. The zero-order valence-corrected chi connectivity index (χ0v) is 10.3. The van der Waals surface area contributed by atoms with E-state index >= 15 is 0 Å². The monoisotopic (exact) mass is 259 g/mol. The van der Waals surface area contributed by atoms with Crippen molar-refractivity contribution in [1.29, 1.82) is 0 Å². The molecule has 0 aromatic carbocycles. The quantitative estimate of drug-likeness (QED) is 0.813. The number of hydrogen-bond acceptors (Lipinski definition) is 2. The van der Waals surface area contributed by atoms with E-state index in [9.17, 15) is 0 Å². The van der Waals surface area contributed by atoms with Crippen LogP contribution in [0.3, 0.4) is 0 Å². The van der Waals surface area contributed by atoms with Crippen LogP contribution in [0.15, 0.2) is 28.6 Å². The highest BCUT2D eigenvalue weighted by Gasteiger charge is 2.08. The average molecular weight is 260 g/mol. The molecule has 13 heavy (non-hydrogen) atoms. The van der Waals surface area contributed by atoms with Gasteiger partial charge >= 0.3 is 0 Å². The fourth-order valence-electron chi connectivity index (χ4n) is 1.10. The van der Waals surface area contributed by atoms with Gasteiger partial charge in [0, 0.05) is 26.8 Å². The molecule has 1 nitrogen and oxygen atoms in total. The molecular weight excluding hydrogens is 246 g/mol. The lowest BCUT2D eigenvalue weighted by Gasteiger charge is -2.15. The van der Waals surface area contributed by atoms with Crippen molar-refractivity contribution in [2.45, 2.75) is 25.9 Å². The smallest absolute Gasteiger partial charge is 0.0391 e. The minimum Gasteiger partial charge on any atom is -0.303 e. The number of hydrogen-bond donors (Lipinski definition) is 1. The van der Waals surface area contributed by atoms with Gasteiger partial charge in [-0.2, -0.15) is 0 Å². The van der Waals surface area contributed by atoms with Crippen molar-refractivity contribution < 1.29 is 0 Å². The molecule has 0 aliphatic carbocycles. The second-order valence-electron chi connectivity index (χ2n) is 3.08. The molecule has 1 aromatic heterocycles. The van der Waals surface area contributed by atoms with Gasteiger partial charge in [-0.15, -0.1) is 17.9 Å². The van der Waals surface area contributed by atoms with Crippen LogP contribution in [0.1, 0.15) is 24.8 Å². The molecule has 0 saturated carbocycles. The van der Waals surface area contributed by atoms with E-state index in [1.165, 1.54) is 4.88 Å². The van der Waals surface area contributed by atoms with E-state index in [0.717, 1.165) is 4.47 Å². The summed E-state index contributed by atoms with van der Waals surface area (Å²) >= 11 is 5.21. The fourth-order valence-corrected chi connectivity index (χ4v) is 2.56. The summed E-state index contributed by atoms with van der Waals surface area (Å²) in [6, 6.07) is 2.90. The summed E-state index contributed by atoms with van der Waals surface area (Å²) in [5.41, 5.74) is 0. The van der Waals surface area contributed by atoms with Crippen LogP contribution < -0.4 is 5.32 Å². The van der Waals surface area contributed by atoms with Gasteiger partial charge in [-0.1, -0.05) is 6.08 Å². The molecule has 0 aliphatic heterocycles. The molecule has 0 aliphatic rings. The Labute approximate surface area is 92.0 Å². The van der Waals surface area contributed by atoms with Crippen molar-refractivity contribution in [3.63, 3.8) is 0 Å². The number of thiophene rings is 1. The van der Waals surface area contributed by atoms with Gasteiger partial charge in [0.15, 0.2) is 0 Å². The summed E-state index contributed by atoms with van der Waals surface area (Å²) < 4.78 is 1.16. The predicted octanol–water partition coefficient (Wildman–Crippen LogP) is 3.74. The van der Waals surface area contributed by atoms with E-state index in [0.29, 0.717) is 12.1 Å². The second kappa shape index (κ2) is 4.94. The van der Waals surface area contributed by atoms with Crippen LogP contribution in [0.5, 0.6) is 0 Å². The molecule has 1 rings (SSSR count). The fraction of sp³-hybridized carbons (Fsp3) is 0.400. The molecule has 0 fully saturated rings. The maximum absolute atomic E-state index is 3.74. The number of halogens is 1. The lowest BCUT2D eigenvalue weighted by molar-refractivity contribution is 0.544. The van der Waals surface area contributed by atoms with Crippen LogP contribution in [0, 0.1) is 0 Å². The number of rotatable bonds is 4. The maximum atomic E-state index is 3.74. The third-order valence-corrected chi connectivity index (χ3v) is 3.76. The van der Waals surface area contributed by atoms with Crippen molar-refractivity contribution in [3.8, 4) is 0 Å². The first-order chi connectivity index (χ1) is 6.13. The first-order valence-electron chi connectivity index (χ1n) is 4.26. The summed E-state index contributed by atoms with van der Waals surface area (Å²) in [7, 11) is 0. The Morgan fingerprint density at radius 1 is 1.62 bits per heavy atom. The van der Waals surface area contributed by atoms with Crippen LogP contribution in [0.4, 0.5) is 0 Å². The molecule has 1 heterocycles. The van der Waals surface area contributed by atoms with E-state index in [1.54, 1.807) is 11.3 Å². The largest absolute Gasteiger partial charge is 0.303 e. The van der Waals surface area contributed by atoms with E-state index in [2.05, 4.69) is 53.1 Å².